The third-order valence-electron chi connectivity index (χ3n) is 4.07. The summed E-state index contributed by atoms with van der Waals surface area (Å²) in [7, 11) is 0. The fraction of sp³-hybridized carbons (Fsp3) is 0.500. The molecule has 1 amide bonds. The quantitative estimate of drug-likeness (QED) is 0.512. The zero-order valence-corrected chi connectivity index (χ0v) is 14.6. The lowest BCUT2D eigenvalue weighted by molar-refractivity contribution is -0.147. The van der Waals surface area contributed by atoms with E-state index in [4.69, 9.17) is 15.9 Å². The molecule has 138 valence electrons. The third kappa shape index (κ3) is 7.34. The number of nitrogens with two attached hydrogens (primary N) is 1. The van der Waals surface area contributed by atoms with E-state index in [1.165, 1.54) is 0 Å². The van der Waals surface area contributed by atoms with Crippen molar-refractivity contribution in [3.63, 3.8) is 0 Å². The molecule has 0 bridgehead atoms. The Morgan fingerprint density at radius 3 is 2.28 bits per heavy atom. The van der Waals surface area contributed by atoms with Crippen molar-refractivity contribution in [2.24, 2.45) is 11.1 Å². The summed E-state index contributed by atoms with van der Waals surface area (Å²) in [4.78, 5) is 33.4. The molecular formula is C18H26N2O5. The number of benzene rings is 1. The molecule has 0 spiro atoms. The zero-order valence-electron chi connectivity index (χ0n) is 14.6. The number of nitrogens with one attached hydrogen (secondary N) is 1. The number of hydrogen-bond acceptors (Lipinski definition) is 4. The van der Waals surface area contributed by atoms with Crippen molar-refractivity contribution in [1.29, 1.82) is 0 Å². The molecule has 0 saturated heterocycles. The van der Waals surface area contributed by atoms with Crippen LogP contribution in [0.3, 0.4) is 0 Å². The minimum absolute atomic E-state index is 0.0820. The van der Waals surface area contributed by atoms with Crippen LogP contribution in [0.5, 0.6) is 0 Å². The molecule has 5 N–H and O–H groups in total. The van der Waals surface area contributed by atoms with Gasteiger partial charge in [0.05, 0.1) is 11.5 Å². The van der Waals surface area contributed by atoms with Gasteiger partial charge in [-0.2, -0.15) is 0 Å². The largest absolute Gasteiger partial charge is 0.481 e. The molecule has 25 heavy (non-hydrogen) atoms. The van der Waals surface area contributed by atoms with Gasteiger partial charge in [0.25, 0.3) is 0 Å². The number of aliphatic carboxylic acids is 2. The van der Waals surface area contributed by atoms with Crippen molar-refractivity contribution < 1.29 is 24.6 Å². The summed E-state index contributed by atoms with van der Waals surface area (Å²) in [6.07, 6.45) is 2.02. The first-order valence-electron chi connectivity index (χ1n) is 8.22. The van der Waals surface area contributed by atoms with Crippen molar-refractivity contribution in [3.05, 3.63) is 29.8 Å². The summed E-state index contributed by atoms with van der Waals surface area (Å²) >= 11 is 0. The minimum Gasteiger partial charge on any atom is -0.481 e. The fourth-order valence-electron chi connectivity index (χ4n) is 2.24. The predicted octanol–water partition coefficient (Wildman–Crippen LogP) is 2.25. The molecule has 7 nitrogen and oxygen atoms in total. The monoisotopic (exact) mass is 350 g/mol. The first kappa shape index (κ1) is 20.6. The molecule has 0 aliphatic heterocycles. The number of aryl methyl sites for hydroxylation is 1. The molecule has 0 heterocycles. The first-order valence-corrected chi connectivity index (χ1v) is 8.22. The van der Waals surface area contributed by atoms with Gasteiger partial charge in [0.15, 0.2) is 0 Å². The summed E-state index contributed by atoms with van der Waals surface area (Å²) in [6.45, 7) is 3.42. The second kappa shape index (κ2) is 9.17. The number of carboxylic acids is 2. The van der Waals surface area contributed by atoms with Gasteiger partial charge in [-0.1, -0.05) is 12.1 Å². The van der Waals surface area contributed by atoms with Gasteiger partial charge in [0.2, 0.25) is 5.91 Å². The minimum atomic E-state index is -0.987. The molecule has 1 aromatic rings. The molecule has 1 rings (SSSR count). The Morgan fingerprint density at radius 1 is 1.16 bits per heavy atom. The maximum Gasteiger partial charge on any atom is 0.309 e. The van der Waals surface area contributed by atoms with Crippen LogP contribution in [0.1, 0.15) is 45.1 Å². The summed E-state index contributed by atoms with van der Waals surface area (Å²) in [5, 5.41) is 20.3. The third-order valence-corrected chi connectivity index (χ3v) is 4.07. The first-order chi connectivity index (χ1) is 11.6. The Kier molecular flexibility index (Phi) is 7.57. The molecule has 1 aromatic carbocycles. The maximum atomic E-state index is 11.9. The van der Waals surface area contributed by atoms with E-state index in [9.17, 15) is 14.4 Å². The summed E-state index contributed by atoms with van der Waals surface area (Å²) < 4.78 is 0. The number of carbonyl (C=O) groups is 3. The summed E-state index contributed by atoms with van der Waals surface area (Å²) in [6, 6.07) is 6.37. The molecular weight excluding hydrogens is 324 g/mol. The van der Waals surface area contributed by atoms with Gasteiger partial charge >= 0.3 is 11.9 Å². The molecule has 0 saturated carbocycles. The van der Waals surface area contributed by atoms with Crippen LogP contribution in [-0.2, 0) is 20.8 Å². The Labute approximate surface area is 147 Å². The van der Waals surface area contributed by atoms with E-state index in [-0.39, 0.29) is 12.8 Å². The Balaban J connectivity index is 2.47. The highest BCUT2D eigenvalue weighted by Gasteiger charge is 2.26. The average molecular weight is 350 g/mol. The molecule has 1 atom stereocenters. The van der Waals surface area contributed by atoms with Crippen LogP contribution >= 0.6 is 0 Å². The van der Waals surface area contributed by atoms with E-state index in [2.05, 4.69) is 5.32 Å². The molecule has 0 aliphatic rings. The van der Waals surface area contributed by atoms with Gasteiger partial charge in [0, 0.05) is 12.1 Å². The van der Waals surface area contributed by atoms with E-state index >= 15 is 0 Å². The van der Waals surface area contributed by atoms with Crippen LogP contribution in [-0.4, -0.2) is 34.1 Å². The Hall–Kier alpha value is -2.41. The van der Waals surface area contributed by atoms with E-state index in [0.29, 0.717) is 12.1 Å². The molecule has 0 aliphatic carbocycles. The SMILES string of the molecule is CC(C)(CCCc1ccc(NC(=O)[C@@H](N)CCC(=O)O)cc1)C(=O)O. The van der Waals surface area contributed by atoms with Crippen LogP contribution < -0.4 is 11.1 Å². The lowest BCUT2D eigenvalue weighted by Crippen LogP contribution is -2.36. The topological polar surface area (TPSA) is 130 Å². The standard InChI is InChI=1S/C18H26N2O5/c1-18(2,17(24)25)11-3-4-12-5-7-13(8-6-12)20-16(23)14(19)9-10-15(21)22/h5-8,14H,3-4,9-11,19H2,1-2H3,(H,20,23)(H,21,22)(H,24,25)/t14-/m0/s1. The number of rotatable bonds is 10. The maximum absolute atomic E-state index is 11.9. The van der Waals surface area contributed by atoms with Crippen LogP contribution in [0.15, 0.2) is 24.3 Å². The predicted molar refractivity (Wildman–Crippen MR) is 94.3 cm³/mol. The average Bonchev–Trinajstić information content (AvgIpc) is 2.53. The molecule has 0 radical (unpaired) electrons. The van der Waals surface area contributed by atoms with Crippen molar-refractivity contribution in [2.75, 3.05) is 5.32 Å². The second-order valence-corrected chi connectivity index (χ2v) is 6.77. The van der Waals surface area contributed by atoms with Gasteiger partial charge in [-0.05, 0) is 57.2 Å². The molecule has 7 heteroatoms. The van der Waals surface area contributed by atoms with Crippen LogP contribution in [0.25, 0.3) is 0 Å². The van der Waals surface area contributed by atoms with Gasteiger partial charge < -0.3 is 21.3 Å². The van der Waals surface area contributed by atoms with Crippen molar-refractivity contribution in [2.45, 2.75) is 52.0 Å². The lowest BCUT2D eigenvalue weighted by atomic mass is 9.87. The molecule has 0 aromatic heterocycles. The number of carbonyl (C=O) groups excluding carboxylic acids is 1. The van der Waals surface area contributed by atoms with E-state index in [1.54, 1.807) is 26.0 Å². The highest BCUT2D eigenvalue weighted by Crippen LogP contribution is 2.24. The smallest absolute Gasteiger partial charge is 0.309 e. The zero-order chi connectivity index (χ0) is 19.0. The molecule has 0 unspecified atom stereocenters. The van der Waals surface area contributed by atoms with Crippen molar-refractivity contribution >= 4 is 23.5 Å². The number of carboxylic acid groups (broad SMARTS) is 2. The van der Waals surface area contributed by atoms with Crippen molar-refractivity contribution in [3.8, 4) is 0 Å². The molecule has 0 fully saturated rings. The Bertz CT molecular complexity index is 610. The summed E-state index contributed by atoms with van der Waals surface area (Å²) in [5.41, 5.74) is 6.55. The van der Waals surface area contributed by atoms with E-state index < -0.39 is 29.3 Å². The summed E-state index contributed by atoms with van der Waals surface area (Å²) in [5.74, 6) is -2.21. The highest BCUT2D eigenvalue weighted by atomic mass is 16.4. The lowest BCUT2D eigenvalue weighted by Gasteiger charge is -2.18. The Morgan fingerprint density at radius 2 is 1.76 bits per heavy atom. The van der Waals surface area contributed by atoms with E-state index in [0.717, 1.165) is 18.4 Å². The van der Waals surface area contributed by atoms with Gasteiger partial charge in [-0.3, -0.25) is 14.4 Å². The van der Waals surface area contributed by atoms with Crippen LogP contribution in [0.2, 0.25) is 0 Å². The second-order valence-electron chi connectivity index (χ2n) is 6.77. The van der Waals surface area contributed by atoms with Gasteiger partial charge in [-0.15, -0.1) is 0 Å². The normalized spacial score (nSPS) is 12.4. The van der Waals surface area contributed by atoms with Gasteiger partial charge in [-0.25, -0.2) is 0 Å². The number of anilines is 1. The highest BCUT2D eigenvalue weighted by molar-refractivity contribution is 5.94. The van der Waals surface area contributed by atoms with Crippen LogP contribution in [0, 0.1) is 5.41 Å². The number of amides is 1. The van der Waals surface area contributed by atoms with Crippen molar-refractivity contribution in [1.82, 2.24) is 0 Å². The number of hydrogen-bond donors (Lipinski definition) is 4. The van der Waals surface area contributed by atoms with Crippen LogP contribution in [0.4, 0.5) is 5.69 Å². The fourth-order valence-corrected chi connectivity index (χ4v) is 2.24. The van der Waals surface area contributed by atoms with Gasteiger partial charge in [0.1, 0.15) is 0 Å². The van der Waals surface area contributed by atoms with E-state index in [1.807, 2.05) is 12.1 Å².